The Morgan fingerprint density at radius 3 is 2.92 bits per heavy atom. The molecule has 0 saturated carbocycles. The maximum Gasteiger partial charge on any atom is 0.0485 e. The van der Waals surface area contributed by atoms with Crippen LogP contribution in [0.15, 0.2) is 24.3 Å². The molecule has 0 radical (unpaired) electrons. The first-order chi connectivity index (χ1) is 6.29. The molecule has 0 spiro atoms. The van der Waals surface area contributed by atoms with E-state index in [9.17, 15) is 0 Å². The van der Waals surface area contributed by atoms with Crippen molar-refractivity contribution in [1.82, 2.24) is 4.98 Å². The number of benzene rings is 1. The maximum absolute atomic E-state index is 8.78. The minimum atomic E-state index is 0.200. The molecule has 0 bridgehead atoms. The van der Waals surface area contributed by atoms with Gasteiger partial charge in [-0.3, -0.25) is 0 Å². The van der Waals surface area contributed by atoms with Crippen molar-refractivity contribution in [1.29, 1.82) is 0 Å². The second-order valence-corrected chi connectivity index (χ2v) is 3.36. The third kappa shape index (κ3) is 1.58. The summed E-state index contributed by atoms with van der Waals surface area (Å²) < 4.78 is 0. The highest BCUT2D eigenvalue weighted by molar-refractivity contribution is 5.81. The monoisotopic (exact) mass is 175 g/mol. The van der Waals surface area contributed by atoms with E-state index in [1.807, 2.05) is 0 Å². The SMILES string of the molecule is Cc1ccc2[nH]c(CCO)cc2c1. The zero-order valence-corrected chi connectivity index (χ0v) is 7.67. The van der Waals surface area contributed by atoms with Crippen molar-refractivity contribution in [3.8, 4) is 0 Å². The molecular weight excluding hydrogens is 162 g/mol. The molecule has 0 aliphatic rings. The van der Waals surface area contributed by atoms with E-state index in [1.54, 1.807) is 0 Å². The van der Waals surface area contributed by atoms with E-state index in [4.69, 9.17) is 5.11 Å². The smallest absolute Gasteiger partial charge is 0.0485 e. The molecule has 0 atom stereocenters. The van der Waals surface area contributed by atoms with Gasteiger partial charge in [-0.2, -0.15) is 0 Å². The molecule has 68 valence electrons. The van der Waals surface area contributed by atoms with Crippen LogP contribution in [0.1, 0.15) is 11.3 Å². The summed E-state index contributed by atoms with van der Waals surface area (Å²) in [7, 11) is 0. The number of aliphatic hydroxyl groups is 1. The molecule has 1 heterocycles. The lowest BCUT2D eigenvalue weighted by Crippen LogP contribution is -1.88. The molecule has 2 N–H and O–H groups in total. The van der Waals surface area contributed by atoms with Crippen LogP contribution in [0.25, 0.3) is 10.9 Å². The number of hydrogen-bond donors (Lipinski definition) is 2. The fourth-order valence-corrected chi connectivity index (χ4v) is 1.57. The van der Waals surface area contributed by atoms with Crippen molar-refractivity contribution in [2.24, 2.45) is 0 Å². The predicted octanol–water partition coefficient (Wildman–Crippen LogP) is 2.01. The lowest BCUT2D eigenvalue weighted by Gasteiger charge is -1.90. The van der Waals surface area contributed by atoms with Crippen molar-refractivity contribution in [2.75, 3.05) is 6.61 Å². The quantitative estimate of drug-likeness (QED) is 0.719. The van der Waals surface area contributed by atoms with Gasteiger partial charge >= 0.3 is 0 Å². The van der Waals surface area contributed by atoms with E-state index in [0.29, 0.717) is 6.42 Å². The molecule has 2 rings (SSSR count). The molecular formula is C11H13NO. The van der Waals surface area contributed by atoms with Gasteiger partial charge in [-0.05, 0) is 30.5 Å². The Balaban J connectivity index is 2.49. The van der Waals surface area contributed by atoms with E-state index < -0.39 is 0 Å². The van der Waals surface area contributed by atoms with E-state index >= 15 is 0 Å². The van der Waals surface area contributed by atoms with Gasteiger partial charge in [0.2, 0.25) is 0 Å². The number of aromatic nitrogens is 1. The highest BCUT2D eigenvalue weighted by Crippen LogP contribution is 2.16. The molecule has 1 aromatic heterocycles. The summed E-state index contributed by atoms with van der Waals surface area (Å²) in [5, 5.41) is 10.0. The number of aliphatic hydroxyl groups excluding tert-OH is 1. The summed E-state index contributed by atoms with van der Waals surface area (Å²) in [5.74, 6) is 0. The third-order valence-electron chi connectivity index (χ3n) is 2.21. The van der Waals surface area contributed by atoms with Crippen LogP contribution in [-0.2, 0) is 6.42 Å². The Bertz CT molecular complexity index is 417. The first-order valence-electron chi connectivity index (χ1n) is 4.49. The molecule has 2 nitrogen and oxygen atoms in total. The molecule has 0 unspecified atom stereocenters. The molecule has 0 amide bonds. The Hall–Kier alpha value is -1.28. The van der Waals surface area contributed by atoms with Gasteiger partial charge < -0.3 is 10.1 Å². The standard InChI is InChI=1S/C11H13NO/c1-8-2-3-11-9(6-8)7-10(12-11)4-5-13/h2-3,6-7,12-13H,4-5H2,1H3. The summed E-state index contributed by atoms with van der Waals surface area (Å²) in [6, 6.07) is 8.40. The molecule has 2 heteroatoms. The van der Waals surface area contributed by atoms with Crippen molar-refractivity contribution in [3.63, 3.8) is 0 Å². The van der Waals surface area contributed by atoms with Gasteiger partial charge in [0.05, 0.1) is 0 Å². The van der Waals surface area contributed by atoms with Gasteiger partial charge in [-0.25, -0.2) is 0 Å². The number of hydrogen-bond acceptors (Lipinski definition) is 1. The predicted molar refractivity (Wildman–Crippen MR) is 53.8 cm³/mol. The Kier molecular flexibility index (Phi) is 2.07. The second-order valence-electron chi connectivity index (χ2n) is 3.36. The summed E-state index contributed by atoms with van der Waals surface area (Å²) in [6.07, 6.45) is 0.702. The summed E-state index contributed by atoms with van der Waals surface area (Å²) in [6.45, 7) is 2.28. The van der Waals surface area contributed by atoms with Crippen LogP contribution >= 0.6 is 0 Å². The van der Waals surface area contributed by atoms with Crippen molar-refractivity contribution in [3.05, 3.63) is 35.5 Å². The van der Waals surface area contributed by atoms with Crippen LogP contribution in [-0.4, -0.2) is 16.7 Å². The van der Waals surface area contributed by atoms with Crippen LogP contribution in [0.5, 0.6) is 0 Å². The topological polar surface area (TPSA) is 36.0 Å². The Labute approximate surface area is 77.2 Å². The van der Waals surface area contributed by atoms with E-state index in [2.05, 4.69) is 36.2 Å². The Morgan fingerprint density at radius 2 is 2.15 bits per heavy atom. The largest absolute Gasteiger partial charge is 0.396 e. The van der Waals surface area contributed by atoms with Gasteiger partial charge in [-0.1, -0.05) is 11.6 Å². The zero-order valence-electron chi connectivity index (χ0n) is 7.67. The first kappa shape index (κ1) is 8.32. The number of fused-ring (bicyclic) bond motifs is 1. The normalized spacial score (nSPS) is 10.9. The molecule has 2 aromatic rings. The number of nitrogens with one attached hydrogen (secondary N) is 1. The van der Waals surface area contributed by atoms with Gasteiger partial charge in [-0.15, -0.1) is 0 Å². The van der Waals surface area contributed by atoms with Crippen LogP contribution in [0, 0.1) is 6.92 Å². The third-order valence-corrected chi connectivity index (χ3v) is 2.21. The zero-order chi connectivity index (χ0) is 9.26. The van der Waals surface area contributed by atoms with E-state index in [0.717, 1.165) is 11.2 Å². The molecule has 0 saturated heterocycles. The molecule has 0 fully saturated rings. The number of aromatic amines is 1. The van der Waals surface area contributed by atoms with Crippen LogP contribution in [0.3, 0.4) is 0 Å². The maximum atomic E-state index is 8.78. The minimum absolute atomic E-state index is 0.200. The second kappa shape index (κ2) is 3.23. The van der Waals surface area contributed by atoms with E-state index in [1.165, 1.54) is 10.9 Å². The lowest BCUT2D eigenvalue weighted by atomic mass is 10.2. The summed E-state index contributed by atoms with van der Waals surface area (Å²) in [5.41, 5.74) is 3.51. The van der Waals surface area contributed by atoms with Crippen LogP contribution in [0.2, 0.25) is 0 Å². The minimum Gasteiger partial charge on any atom is -0.396 e. The van der Waals surface area contributed by atoms with Gasteiger partial charge in [0, 0.05) is 24.2 Å². The van der Waals surface area contributed by atoms with Crippen molar-refractivity contribution < 1.29 is 5.11 Å². The first-order valence-corrected chi connectivity index (χ1v) is 4.49. The molecule has 1 aromatic carbocycles. The average molecular weight is 175 g/mol. The van der Waals surface area contributed by atoms with Crippen LogP contribution in [0.4, 0.5) is 0 Å². The highest BCUT2D eigenvalue weighted by Gasteiger charge is 1.99. The molecule has 13 heavy (non-hydrogen) atoms. The Morgan fingerprint density at radius 1 is 1.31 bits per heavy atom. The number of aryl methyl sites for hydroxylation is 1. The summed E-state index contributed by atoms with van der Waals surface area (Å²) >= 11 is 0. The fraction of sp³-hybridized carbons (Fsp3) is 0.273. The highest BCUT2D eigenvalue weighted by atomic mass is 16.3. The number of rotatable bonds is 2. The van der Waals surface area contributed by atoms with Gasteiger partial charge in [0.25, 0.3) is 0 Å². The van der Waals surface area contributed by atoms with E-state index in [-0.39, 0.29) is 6.61 Å². The van der Waals surface area contributed by atoms with Crippen molar-refractivity contribution >= 4 is 10.9 Å². The fourth-order valence-electron chi connectivity index (χ4n) is 1.57. The number of H-pyrrole nitrogens is 1. The molecule has 0 aliphatic carbocycles. The van der Waals surface area contributed by atoms with Crippen LogP contribution < -0.4 is 0 Å². The summed E-state index contributed by atoms with van der Waals surface area (Å²) in [4.78, 5) is 3.26. The average Bonchev–Trinajstić information content (AvgIpc) is 2.46. The lowest BCUT2D eigenvalue weighted by molar-refractivity contribution is 0.298. The van der Waals surface area contributed by atoms with Gasteiger partial charge in [0.15, 0.2) is 0 Å². The molecule has 0 aliphatic heterocycles. The van der Waals surface area contributed by atoms with Gasteiger partial charge in [0.1, 0.15) is 0 Å². The van der Waals surface area contributed by atoms with Crippen molar-refractivity contribution in [2.45, 2.75) is 13.3 Å².